The van der Waals surface area contributed by atoms with Crippen molar-refractivity contribution in [1.29, 1.82) is 0 Å². The Morgan fingerprint density at radius 2 is 1.74 bits per heavy atom. The van der Waals surface area contributed by atoms with Gasteiger partial charge in [0.15, 0.2) is 0 Å². The molecule has 120 valence electrons. The van der Waals surface area contributed by atoms with Gasteiger partial charge in [0, 0.05) is 12.5 Å². The number of benzene rings is 2. The lowest BCUT2D eigenvalue weighted by Crippen LogP contribution is -2.42. The molecule has 0 aliphatic carbocycles. The minimum Gasteiger partial charge on any atom is -0.480 e. The fourth-order valence-electron chi connectivity index (χ4n) is 2.01. The van der Waals surface area contributed by atoms with Gasteiger partial charge in [-0.25, -0.2) is 18.0 Å². The topological polar surface area (TPSA) is 66.4 Å². The standard InChI is InChI=1S/C16H12F3NO3/c17-10-3-1-2-9(6-10)7-14(16(22)23)20-15(21)12-5-4-11(18)8-13(12)19/h1-6,8,14H,7H2,(H,20,21)(H,22,23)/t14-/m1/s1. The Labute approximate surface area is 129 Å². The molecule has 0 saturated heterocycles. The molecule has 2 rings (SSSR count). The first-order valence-corrected chi connectivity index (χ1v) is 6.60. The van der Waals surface area contributed by atoms with Crippen molar-refractivity contribution in [3.8, 4) is 0 Å². The first-order valence-electron chi connectivity index (χ1n) is 6.60. The molecule has 0 radical (unpaired) electrons. The van der Waals surface area contributed by atoms with Crippen LogP contribution in [0.2, 0.25) is 0 Å². The number of nitrogens with one attached hydrogen (secondary N) is 1. The van der Waals surface area contributed by atoms with E-state index in [-0.39, 0.29) is 6.42 Å². The second kappa shape index (κ2) is 6.95. The number of hydrogen-bond acceptors (Lipinski definition) is 2. The number of carbonyl (C=O) groups excluding carboxylic acids is 1. The summed E-state index contributed by atoms with van der Waals surface area (Å²) in [6, 6.07) is 6.20. The van der Waals surface area contributed by atoms with Crippen LogP contribution in [0.1, 0.15) is 15.9 Å². The molecule has 4 nitrogen and oxygen atoms in total. The molecule has 0 unspecified atom stereocenters. The third-order valence-electron chi connectivity index (χ3n) is 3.11. The zero-order valence-corrected chi connectivity index (χ0v) is 11.7. The molecule has 2 aromatic carbocycles. The van der Waals surface area contributed by atoms with Crippen molar-refractivity contribution in [1.82, 2.24) is 5.32 Å². The van der Waals surface area contributed by atoms with E-state index in [1.807, 2.05) is 0 Å². The molecule has 0 fully saturated rings. The van der Waals surface area contributed by atoms with Gasteiger partial charge in [-0.3, -0.25) is 4.79 Å². The summed E-state index contributed by atoms with van der Waals surface area (Å²) in [6.07, 6.45) is -0.179. The Balaban J connectivity index is 2.16. The molecule has 1 amide bonds. The number of rotatable bonds is 5. The van der Waals surface area contributed by atoms with Gasteiger partial charge in [-0.2, -0.15) is 0 Å². The van der Waals surface area contributed by atoms with Crippen LogP contribution in [0, 0.1) is 17.5 Å². The highest BCUT2D eigenvalue weighted by Gasteiger charge is 2.23. The third kappa shape index (κ3) is 4.32. The van der Waals surface area contributed by atoms with Crippen LogP contribution in [0.15, 0.2) is 42.5 Å². The highest BCUT2D eigenvalue weighted by atomic mass is 19.1. The van der Waals surface area contributed by atoms with E-state index in [2.05, 4.69) is 5.32 Å². The van der Waals surface area contributed by atoms with E-state index in [9.17, 15) is 22.8 Å². The maximum absolute atomic E-state index is 13.5. The van der Waals surface area contributed by atoms with Gasteiger partial charge in [0.1, 0.15) is 23.5 Å². The third-order valence-corrected chi connectivity index (χ3v) is 3.11. The number of carbonyl (C=O) groups is 2. The Morgan fingerprint density at radius 3 is 2.35 bits per heavy atom. The van der Waals surface area contributed by atoms with Crippen LogP contribution >= 0.6 is 0 Å². The molecule has 23 heavy (non-hydrogen) atoms. The number of halogens is 3. The van der Waals surface area contributed by atoms with Crippen LogP contribution in [0.25, 0.3) is 0 Å². The number of carboxylic acid groups (broad SMARTS) is 1. The Bertz CT molecular complexity index is 749. The largest absolute Gasteiger partial charge is 0.480 e. The second-order valence-corrected chi connectivity index (χ2v) is 4.82. The number of carboxylic acids is 1. The van der Waals surface area contributed by atoms with Crippen LogP contribution in [-0.2, 0) is 11.2 Å². The number of aliphatic carboxylic acids is 1. The molecular weight excluding hydrogens is 311 g/mol. The highest BCUT2D eigenvalue weighted by Crippen LogP contribution is 2.11. The predicted molar refractivity (Wildman–Crippen MR) is 75.4 cm³/mol. The molecule has 0 aromatic heterocycles. The average molecular weight is 323 g/mol. The van der Waals surface area contributed by atoms with Gasteiger partial charge in [0.05, 0.1) is 5.56 Å². The maximum atomic E-state index is 13.5. The summed E-state index contributed by atoms with van der Waals surface area (Å²) in [6.45, 7) is 0. The van der Waals surface area contributed by atoms with Gasteiger partial charge in [-0.1, -0.05) is 12.1 Å². The van der Waals surface area contributed by atoms with E-state index in [1.54, 1.807) is 0 Å². The predicted octanol–water partition coefficient (Wildman–Crippen LogP) is 2.53. The van der Waals surface area contributed by atoms with Crippen molar-refractivity contribution < 1.29 is 27.9 Å². The normalized spacial score (nSPS) is 11.8. The zero-order chi connectivity index (χ0) is 17.0. The van der Waals surface area contributed by atoms with Crippen molar-refractivity contribution in [2.75, 3.05) is 0 Å². The first kappa shape index (κ1) is 16.5. The summed E-state index contributed by atoms with van der Waals surface area (Å²) in [7, 11) is 0. The fourth-order valence-corrected chi connectivity index (χ4v) is 2.01. The number of amides is 1. The molecule has 0 spiro atoms. The minimum absolute atomic E-state index is 0.179. The van der Waals surface area contributed by atoms with Crippen LogP contribution < -0.4 is 5.32 Å². The minimum atomic E-state index is -1.38. The van der Waals surface area contributed by atoms with Crippen molar-refractivity contribution in [3.05, 3.63) is 71.0 Å². The molecule has 7 heteroatoms. The lowest BCUT2D eigenvalue weighted by molar-refractivity contribution is -0.139. The maximum Gasteiger partial charge on any atom is 0.326 e. The van der Waals surface area contributed by atoms with Gasteiger partial charge in [-0.05, 0) is 29.8 Å². The smallest absolute Gasteiger partial charge is 0.326 e. The highest BCUT2D eigenvalue weighted by molar-refractivity contribution is 5.96. The van der Waals surface area contributed by atoms with Crippen LogP contribution in [0.5, 0.6) is 0 Å². The van der Waals surface area contributed by atoms with Gasteiger partial charge in [0.2, 0.25) is 0 Å². The van der Waals surface area contributed by atoms with Crippen LogP contribution in [0.4, 0.5) is 13.2 Å². The van der Waals surface area contributed by atoms with Crippen molar-refractivity contribution in [2.45, 2.75) is 12.5 Å². The molecule has 2 aromatic rings. The SMILES string of the molecule is O=C(N[C@H](Cc1cccc(F)c1)C(=O)O)c1ccc(F)cc1F. The molecule has 0 bridgehead atoms. The molecule has 0 heterocycles. The van der Waals surface area contributed by atoms with E-state index in [0.29, 0.717) is 11.6 Å². The van der Waals surface area contributed by atoms with Gasteiger partial charge in [0.25, 0.3) is 5.91 Å². The summed E-state index contributed by atoms with van der Waals surface area (Å²) >= 11 is 0. The van der Waals surface area contributed by atoms with Crippen molar-refractivity contribution in [3.63, 3.8) is 0 Å². The van der Waals surface area contributed by atoms with E-state index in [0.717, 1.165) is 18.2 Å². The summed E-state index contributed by atoms with van der Waals surface area (Å²) in [5.41, 5.74) is -0.117. The van der Waals surface area contributed by atoms with Gasteiger partial charge in [-0.15, -0.1) is 0 Å². The molecule has 0 saturated carbocycles. The van der Waals surface area contributed by atoms with Gasteiger partial charge >= 0.3 is 5.97 Å². The lowest BCUT2D eigenvalue weighted by Gasteiger charge is -2.15. The first-order chi connectivity index (χ1) is 10.9. The Kier molecular flexibility index (Phi) is 5.00. The molecule has 1 atom stereocenters. The summed E-state index contributed by atoms with van der Waals surface area (Å²) in [4.78, 5) is 23.2. The van der Waals surface area contributed by atoms with Crippen LogP contribution in [0.3, 0.4) is 0 Å². The average Bonchev–Trinajstić information content (AvgIpc) is 2.46. The Morgan fingerprint density at radius 1 is 1.04 bits per heavy atom. The molecule has 0 aliphatic heterocycles. The summed E-state index contributed by atoms with van der Waals surface area (Å²) < 4.78 is 39.5. The van der Waals surface area contributed by atoms with E-state index in [1.165, 1.54) is 18.2 Å². The fraction of sp³-hybridized carbons (Fsp3) is 0.125. The second-order valence-electron chi connectivity index (χ2n) is 4.82. The summed E-state index contributed by atoms with van der Waals surface area (Å²) in [5, 5.41) is 11.3. The van der Waals surface area contributed by atoms with Gasteiger partial charge < -0.3 is 10.4 Å². The molecule has 2 N–H and O–H groups in total. The Hall–Kier alpha value is -2.83. The lowest BCUT2D eigenvalue weighted by atomic mass is 10.1. The van der Waals surface area contributed by atoms with E-state index in [4.69, 9.17) is 5.11 Å². The van der Waals surface area contributed by atoms with Crippen molar-refractivity contribution >= 4 is 11.9 Å². The summed E-state index contributed by atoms with van der Waals surface area (Å²) in [5.74, 6) is -4.84. The molecule has 0 aliphatic rings. The molecular formula is C16H12F3NO3. The number of hydrogen-bond donors (Lipinski definition) is 2. The zero-order valence-electron chi connectivity index (χ0n) is 11.7. The van der Waals surface area contributed by atoms with Crippen molar-refractivity contribution in [2.24, 2.45) is 0 Å². The quantitative estimate of drug-likeness (QED) is 0.888. The van der Waals surface area contributed by atoms with E-state index >= 15 is 0 Å². The monoisotopic (exact) mass is 323 g/mol. The van der Waals surface area contributed by atoms with E-state index < -0.39 is 40.9 Å². The van der Waals surface area contributed by atoms with Crippen LogP contribution in [-0.4, -0.2) is 23.0 Å².